The normalized spacial score (nSPS) is 12.0. The van der Waals surface area contributed by atoms with Crippen molar-refractivity contribution in [2.45, 2.75) is 19.0 Å². The van der Waals surface area contributed by atoms with Crippen molar-refractivity contribution < 1.29 is 36.2 Å². The van der Waals surface area contributed by atoms with Crippen LogP contribution in [0.3, 0.4) is 0 Å². The van der Waals surface area contributed by atoms with Crippen LogP contribution in [-0.4, -0.2) is 16.0 Å². The molecule has 0 radical (unpaired) electrons. The van der Waals surface area contributed by atoms with Crippen molar-refractivity contribution in [2.75, 3.05) is 5.32 Å². The van der Waals surface area contributed by atoms with Gasteiger partial charge in [-0.25, -0.2) is 0 Å². The van der Waals surface area contributed by atoms with Gasteiger partial charge in [0, 0.05) is 12.3 Å². The Labute approximate surface area is 196 Å². The van der Waals surface area contributed by atoms with Crippen LogP contribution in [0.25, 0.3) is 5.57 Å². The molecule has 0 aliphatic heterocycles. The summed E-state index contributed by atoms with van der Waals surface area (Å²) in [7, 11) is 0. The largest absolute Gasteiger partial charge is 0.416 e. The first-order valence-corrected chi connectivity index (χ1v) is 10.1. The standard InChI is InChI=1S/C25H18F6N2O2/c26-24(27,28)19-8-4-17(5-9-19)22(18-6-10-20(11-7-18)25(29,30)31)2-1-3-23(35)33-21-12-16(15-34)13-32-14-21/h1-14,34H,15H2,(H,33,35). The summed E-state index contributed by atoms with van der Waals surface area (Å²) in [6.45, 7) is -0.265. The zero-order chi connectivity index (χ0) is 25.6. The van der Waals surface area contributed by atoms with Crippen LogP contribution in [0.4, 0.5) is 32.0 Å². The van der Waals surface area contributed by atoms with Gasteiger partial charge in [-0.1, -0.05) is 36.4 Å². The molecular formula is C25H18F6N2O2. The summed E-state index contributed by atoms with van der Waals surface area (Å²) in [6.07, 6.45) is -2.42. The molecule has 0 atom stereocenters. The van der Waals surface area contributed by atoms with Crippen molar-refractivity contribution in [3.8, 4) is 0 Å². The Morgan fingerprint density at radius 2 is 1.37 bits per heavy atom. The number of rotatable bonds is 6. The average molecular weight is 492 g/mol. The first kappa shape index (κ1) is 25.7. The first-order chi connectivity index (χ1) is 16.5. The molecule has 0 unspecified atom stereocenters. The number of carbonyl (C=O) groups excluding carboxylic acids is 1. The van der Waals surface area contributed by atoms with Crippen molar-refractivity contribution in [1.29, 1.82) is 0 Å². The van der Waals surface area contributed by atoms with Gasteiger partial charge in [-0.15, -0.1) is 0 Å². The van der Waals surface area contributed by atoms with Crippen molar-refractivity contribution in [2.24, 2.45) is 0 Å². The molecule has 0 bridgehead atoms. The van der Waals surface area contributed by atoms with Crippen LogP contribution in [0, 0.1) is 0 Å². The van der Waals surface area contributed by atoms with Gasteiger partial charge in [-0.05, 0) is 52.6 Å². The summed E-state index contributed by atoms with van der Waals surface area (Å²) in [6, 6.07) is 9.78. The van der Waals surface area contributed by atoms with E-state index in [1.165, 1.54) is 54.9 Å². The second-order valence-electron chi connectivity index (χ2n) is 7.32. The van der Waals surface area contributed by atoms with Crippen molar-refractivity contribution in [3.05, 3.63) is 113 Å². The van der Waals surface area contributed by atoms with Crippen LogP contribution in [-0.2, 0) is 23.8 Å². The number of allylic oxidation sites excluding steroid dienone is 2. The molecule has 3 aromatic rings. The van der Waals surface area contributed by atoms with Crippen molar-refractivity contribution >= 4 is 17.2 Å². The summed E-state index contributed by atoms with van der Waals surface area (Å²) < 4.78 is 77.5. The number of halogens is 6. The van der Waals surface area contributed by atoms with Gasteiger partial charge >= 0.3 is 12.4 Å². The fraction of sp³-hybridized carbons (Fsp3) is 0.120. The molecule has 0 saturated heterocycles. The number of aliphatic hydroxyl groups excluding tert-OH is 1. The molecule has 4 nitrogen and oxygen atoms in total. The first-order valence-electron chi connectivity index (χ1n) is 10.1. The molecule has 35 heavy (non-hydrogen) atoms. The minimum Gasteiger partial charge on any atom is -0.392 e. The number of aliphatic hydroxyl groups is 1. The van der Waals surface area contributed by atoms with E-state index in [2.05, 4.69) is 10.3 Å². The number of nitrogens with one attached hydrogen (secondary N) is 1. The number of alkyl halides is 6. The lowest BCUT2D eigenvalue weighted by molar-refractivity contribution is -0.138. The van der Waals surface area contributed by atoms with Crippen LogP contribution >= 0.6 is 0 Å². The number of hydrogen-bond donors (Lipinski definition) is 2. The van der Waals surface area contributed by atoms with Crippen molar-refractivity contribution in [3.63, 3.8) is 0 Å². The van der Waals surface area contributed by atoms with E-state index in [0.717, 1.165) is 30.3 Å². The van der Waals surface area contributed by atoms with E-state index >= 15 is 0 Å². The summed E-state index contributed by atoms with van der Waals surface area (Å²) in [5.74, 6) is -0.558. The van der Waals surface area contributed by atoms with E-state index in [9.17, 15) is 31.1 Å². The predicted octanol–water partition coefficient (Wildman–Crippen LogP) is 6.24. The molecule has 1 aromatic heterocycles. The molecule has 0 saturated carbocycles. The Balaban J connectivity index is 1.90. The molecular weight excluding hydrogens is 474 g/mol. The summed E-state index contributed by atoms with van der Waals surface area (Å²) in [4.78, 5) is 16.1. The third-order valence-corrected chi connectivity index (χ3v) is 4.80. The highest BCUT2D eigenvalue weighted by Gasteiger charge is 2.31. The highest BCUT2D eigenvalue weighted by Crippen LogP contribution is 2.33. The highest BCUT2D eigenvalue weighted by molar-refractivity contribution is 5.99. The van der Waals surface area contributed by atoms with E-state index in [0.29, 0.717) is 28.0 Å². The van der Waals surface area contributed by atoms with Crippen LogP contribution in [0.5, 0.6) is 0 Å². The molecule has 0 fully saturated rings. The Bertz CT molecular complexity index is 1170. The minimum absolute atomic E-state index is 0.265. The number of aromatic nitrogens is 1. The van der Waals surface area contributed by atoms with Gasteiger partial charge in [0.2, 0.25) is 5.91 Å². The Morgan fingerprint density at radius 1 is 0.857 bits per heavy atom. The monoisotopic (exact) mass is 492 g/mol. The number of nitrogens with zero attached hydrogens (tertiary/aromatic N) is 1. The van der Waals surface area contributed by atoms with Crippen molar-refractivity contribution in [1.82, 2.24) is 4.98 Å². The molecule has 0 spiro atoms. The lowest BCUT2D eigenvalue weighted by atomic mass is 9.95. The summed E-state index contributed by atoms with van der Waals surface area (Å²) in [5.41, 5.74) is -0.00598. The number of pyridine rings is 1. The summed E-state index contributed by atoms with van der Waals surface area (Å²) in [5, 5.41) is 11.7. The fourth-order valence-corrected chi connectivity index (χ4v) is 3.09. The maximum atomic E-state index is 12.9. The van der Waals surface area contributed by atoms with E-state index in [1.54, 1.807) is 0 Å². The second-order valence-corrected chi connectivity index (χ2v) is 7.32. The van der Waals surface area contributed by atoms with Crippen LogP contribution in [0.15, 0.2) is 85.2 Å². The number of amides is 1. The van der Waals surface area contributed by atoms with E-state index < -0.39 is 29.4 Å². The second kappa shape index (κ2) is 10.6. The van der Waals surface area contributed by atoms with E-state index in [4.69, 9.17) is 5.11 Å². The van der Waals surface area contributed by atoms with Crippen LogP contribution < -0.4 is 5.32 Å². The van der Waals surface area contributed by atoms with Crippen LogP contribution in [0.2, 0.25) is 0 Å². The van der Waals surface area contributed by atoms with Gasteiger partial charge in [0.05, 0.1) is 29.6 Å². The molecule has 2 N–H and O–H groups in total. The molecule has 10 heteroatoms. The van der Waals surface area contributed by atoms with Gasteiger partial charge in [0.1, 0.15) is 0 Å². The zero-order valence-corrected chi connectivity index (χ0v) is 17.9. The van der Waals surface area contributed by atoms with Crippen LogP contribution in [0.1, 0.15) is 27.8 Å². The lowest BCUT2D eigenvalue weighted by Gasteiger charge is -2.12. The van der Waals surface area contributed by atoms with Gasteiger partial charge in [0.15, 0.2) is 0 Å². The lowest BCUT2D eigenvalue weighted by Crippen LogP contribution is -2.08. The van der Waals surface area contributed by atoms with Gasteiger partial charge in [0.25, 0.3) is 0 Å². The fourth-order valence-electron chi connectivity index (χ4n) is 3.09. The Kier molecular flexibility index (Phi) is 7.75. The molecule has 0 aliphatic rings. The molecule has 3 rings (SSSR count). The molecule has 0 aliphatic carbocycles. The minimum atomic E-state index is -4.54. The van der Waals surface area contributed by atoms with Gasteiger partial charge < -0.3 is 10.4 Å². The topological polar surface area (TPSA) is 62.2 Å². The number of benzene rings is 2. The smallest absolute Gasteiger partial charge is 0.392 e. The molecule has 2 aromatic carbocycles. The SMILES string of the molecule is O=C(C=CC=C(c1ccc(C(F)(F)F)cc1)c1ccc(C(F)(F)F)cc1)Nc1cncc(CO)c1. The highest BCUT2D eigenvalue weighted by atomic mass is 19.4. The average Bonchev–Trinajstić information content (AvgIpc) is 2.81. The molecule has 1 amide bonds. The number of anilines is 1. The predicted molar refractivity (Wildman–Crippen MR) is 118 cm³/mol. The van der Waals surface area contributed by atoms with Gasteiger partial charge in [-0.2, -0.15) is 26.3 Å². The maximum absolute atomic E-state index is 12.9. The zero-order valence-electron chi connectivity index (χ0n) is 17.9. The third kappa shape index (κ3) is 7.03. The Morgan fingerprint density at radius 3 is 1.83 bits per heavy atom. The molecule has 1 heterocycles. The third-order valence-electron chi connectivity index (χ3n) is 4.80. The van der Waals surface area contributed by atoms with E-state index in [-0.39, 0.29) is 6.61 Å². The van der Waals surface area contributed by atoms with Gasteiger partial charge in [-0.3, -0.25) is 9.78 Å². The number of carbonyl (C=O) groups is 1. The van der Waals surface area contributed by atoms with E-state index in [1.807, 2.05) is 0 Å². The maximum Gasteiger partial charge on any atom is 0.416 e. The Hall–Kier alpha value is -3.92. The molecule has 182 valence electrons. The quantitative estimate of drug-likeness (QED) is 0.243. The summed E-state index contributed by atoms with van der Waals surface area (Å²) >= 11 is 0. The number of hydrogen-bond acceptors (Lipinski definition) is 3.